The number of alkyl halides is 1. The number of rotatable bonds is 7. The molecule has 0 aromatic heterocycles. The lowest BCUT2D eigenvalue weighted by molar-refractivity contribution is -0.170. The van der Waals surface area contributed by atoms with E-state index in [1.807, 2.05) is 0 Å². The number of halogens is 1. The molecule has 9 atom stereocenters. The summed E-state index contributed by atoms with van der Waals surface area (Å²) >= 11 is 3.77. The Morgan fingerprint density at radius 2 is 1.54 bits per heavy atom. The molecule has 3 saturated carbocycles. The summed E-state index contributed by atoms with van der Waals surface area (Å²) in [4.78, 5) is 47.4. The Balaban J connectivity index is 1.72. The number of fused-ring (bicyclic) bond motifs is 5. The van der Waals surface area contributed by atoms with Gasteiger partial charge >= 0.3 is 23.9 Å². The summed E-state index contributed by atoms with van der Waals surface area (Å²) in [6, 6.07) is 0. The predicted octanol–water partition coefficient (Wildman–Crippen LogP) is 4.52. The van der Waals surface area contributed by atoms with Crippen LogP contribution in [0.1, 0.15) is 73.6 Å². The number of esters is 4. The summed E-state index contributed by atoms with van der Waals surface area (Å²) in [6.45, 7) is 10.7. The molecule has 0 spiro atoms. The van der Waals surface area contributed by atoms with E-state index in [1.54, 1.807) is 0 Å². The summed E-state index contributed by atoms with van der Waals surface area (Å²) in [5.41, 5.74) is 0.418. The third-order valence-corrected chi connectivity index (χ3v) is 10.9. The van der Waals surface area contributed by atoms with Gasteiger partial charge in [0.05, 0.1) is 11.4 Å². The molecule has 0 N–H and O–H groups in total. The second-order valence-electron chi connectivity index (χ2n) is 12.1. The van der Waals surface area contributed by atoms with Crippen molar-refractivity contribution in [3.05, 3.63) is 11.6 Å². The molecule has 0 aromatic carbocycles. The van der Waals surface area contributed by atoms with E-state index in [4.69, 9.17) is 18.9 Å². The van der Waals surface area contributed by atoms with Crippen LogP contribution in [0.2, 0.25) is 0 Å². The SMILES string of the molecule is CC(=O)OCC(Br)C1(C)CC=C2C(C1)C(OC(C)=O)CC1C2(C)CC(OC(C)=O)C2CC21COC(C)=O. The lowest BCUT2D eigenvalue weighted by Gasteiger charge is -2.59. The van der Waals surface area contributed by atoms with E-state index in [2.05, 4.69) is 35.9 Å². The van der Waals surface area contributed by atoms with E-state index in [-0.39, 0.29) is 88.1 Å². The molecule has 4 aliphatic carbocycles. The number of hydrogen-bond donors (Lipinski definition) is 0. The second-order valence-corrected chi connectivity index (χ2v) is 13.2. The van der Waals surface area contributed by atoms with Crippen molar-refractivity contribution in [2.75, 3.05) is 13.2 Å². The van der Waals surface area contributed by atoms with Gasteiger partial charge in [-0.05, 0) is 48.9 Å². The number of ether oxygens (including phenoxy) is 4. The first-order valence-corrected chi connectivity index (χ1v) is 14.1. The van der Waals surface area contributed by atoms with Gasteiger partial charge in [0.1, 0.15) is 18.8 Å². The fourth-order valence-electron chi connectivity index (χ4n) is 7.81. The van der Waals surface area contributed by atoms with Crippen LogP contribution in [-0.4, -0.2) is 54.1 Å². The molecular formula is C28H39BrO8. The first-order valence-electron chi connectivity index (χ1n) is 13.2. The Morgan fingerprint density at radius 3 is 2.14 bits per heavy atom. The summed E-state index contributed by atoms with van der Waals surface area (Å²) < 4.78 is 22.7. The average molecular weight is 584 g/mol. The molecule has 37 heavy (non-hydrogen) atoms. The van der Waals surface area contributed by atoms with Crippen LogP contribution in [0.15, 0.2) is 11.6 Å². The van der Waals surface area contributed by atoms with Crippen molar-refractivity contribution >= 4 is 39.8 Å². The number of allylic oxidation sites excluding steroid dienone is 1. The van der Waals surface area contributed by atoms with Crippen LogP contribution < -0.4 is 0 Å². The van der Waals surface area contributed by atoms with Gasteiger partial charge in [0.2, 0.25) is 0 Å². The van der Waals surface area contributed by atoms with Crippen LogP contribution in [-0.2, 0) is 38.1 Å². The molecule has 0 radical (unpaired) electrons. The fourth-order valence-corrected chi connectivity index (χ4v) is 8.32. The summed E-state index contributed by atoms with van der Waals surface area (Å²) in [5.74, 6) is -1.04. The van der Waals surface area contributed by atoms with Gasteiger partial charge in [-0.25, -0.2) is 0 Å². The molecule has 9 unspecified atom stereocenters. The molecule has 9 heteroatoms. The highest BCUT2D eigenvalue weighted by atomic mass is 79.9. The number of carbonyl (C=O) groups is 4. The lowest BCUT2D eigenvalue weighted by Crippen LogP contribution is -2.56. The van der Waals surface area contributed by atoms with E-state index in [0.29, 0.717) is 12.8 Å². The quantitative estimate of drug-likeness (QED) is 0.187. The van der Waals surface area contributed by atoms with Gasteiger partial charge in [0.15, 0.2) is 0 Å². The summed E-state index contributed by atoms with van der Waals surface area (Å²) in [5, 5.41) is 0. The minimum absolute atomic E-state index is 0.0136. The Morgan fingerprint density at radius 1 is 0.919 bits per heavy atom. The molecule has 0 aromatic rings. The maximum atomic E-state index is 12.2. The van der Waals surface area contributed by atoms with Gasteiger partial charge in [-0.1, -0.05) is 41.4 Å². The molecule has 4 rings (SSSR count). The first-order chi connectivity index (χ1) is 17.2. The molecule has 8 nitrogen and oxygen atoms in total. The van der Waals surface area contributed by atoms with Crippen molar-refractivity contribution in [3.8, 4) is 0 Å². The van der Waals surface area contributed by atoms with E-state index >= 15 is 0 Å². The van der Waals surface area contributed by atoms with Crippen LogP contribution in [0, 0.1) is 34.0 Å². The third-order valence-electron chi connectivity index (χ3n) is 9.53. The molecular weight excluding hydrogens is 544 g/mol. The Bertz CT molecular complexity index is 1010. The van der Waals surface area contributed by atoms with Gasteiger partial charge in [-0.2, -0.15) is 0 Å². The topological polar surface area (TPSA) is 105 Å². The average Bonchev–Trinajstić information content (AvgIpc) is 3.53. The van der Waals surface area contributed by atoms with Crippen molar-refractivity contribution in [1.29, 1.82) is 0 Å². The minimum Gasteiger partial charge on any atom is -0.465 e. The molecule has 0 amide bonds. The minimum atomic E-state index is -0.328. The Hall–Kier alpha value is -1.90. The summed E-state index contributed by atoms with van der Waals surface area (Å²) in [6.07, 6.45) is 5.42. The smallest absolute Gasteiger partial charge is 0.302 e. The van der Waals surface area contributed by atoms with E-state index in [0.717, 1.165) is 19.3 Å². The maximum Gasteiger partial charge on any atom is 0.302 e. The molecule has 0 saturated heterocycles. The highest BCUT2D eigenvalue weighted by molar-refractivity contribution is 9.09. The molecule has 206 valence electrons. The lowest BCUT2D eigenvalue weighted by atomic mass is 9.48. The van der Waals surface area contributed by atoms with Crippen molar-refractivity contribution in [1.82, 2.24) is 0 Å². The van der Waals surface area contributed by atoms with Crippen molar-refractivity contribution in [2.24, 2.45) is 34.0 Å². The van der Waals surface area contributed by atoms with Crippen LogP contribution in [0.3, 0.4) is 0 Å². The predicted molar refractivity (Wildman–Crippen MR) is 137 cm³/mol. The highest BCUT2D eigenvalue weighted by Gasteiger charge is 2.73. The third kappa shape index (κ3) is 5.21. The van der Waals surface area contributed by atoms with Crippen molar-refractivity contribution in [2.45, 2.75) is 90.7 Å². The zero-order valence-corrected chi connectivity index (χ0v) is 24.2. The van der Waals surface area contributed by atoms with E-state index in [9.17, 15) is 19.2 Å². The van der Waals surface area contributed by atoms with Crippen LogP contribution >= 0.6 is 15.9 Å². The molecule has 0 aliphatic heterocycles. The van der Waals surface area contributed by atoms with Gasteiger partial charge in [-0.3, -0.25) is 19.2 Å². The molecule has 4 aliphatic rings. The van der Waals surface area contributed by atoms with Crippen LogP contribution in [0.5, 0.6) is 0 Å². The Labute approximate surface area is 227 Å². The normalized spacial score (nSPS) is 40.5. The van der Waals surface area contributed by atoms with Gasteiger partial charge in [-0.15, -0.1) is 0 Å². The van der Waals surface area contributed by atoms with E-state index < -0.39 is 0 Å². The number of carbonyl (C=O) groups excluding carboxylic acids is 4. The standard InChI is InChI=1S/C28H39BrO8/c1-15(30)34-13-25(29)26(5)8-7-20-19(10-26)22(36-17(3)32)9-24-27(20,6)12-23(37-18(4)33)21-11-28(21,24)14-35-16(2)31/h7,19,21-25H,8-14H2,1-6H3. The van der Waals surface area contributed by atoms with Gasteiger partial charge in [0, 0.05) is 44.9 Å². The number of hydrogen-bond acceptors (Lipinski definition) is 8. The molecule has 3 fully saturated rings. The largest absolute Gasteiger partial charge is 0.465 e. The van der Waals surface area contributed by atoms with E-state index in [1.165, 1.54) is 33.3 Å². The van der Waals surface area contributed by atoms with Crippen molar-refractivity contribution < 1.29 is 38.1 Å². The first kappa shape index (κ1) is 28.1. The highest BCUT2D eigenvalue weighted by Crippen LogP contribution is 2.74. The van der Waals surface area contributed by atoms with Gasteiger partial charge < -0.3 is 18.9 Å². The van der Waals surface area contributed by atoms with Crippen LogP contribution in [0.25, 0.3) is 0 Å². The zero-order valence-electron chi connectivity index (χ0n) is 22.6. The molecule has 0 bridgehead atoms. The second kappa shape index (κ2) is 10.0. The maximum absolute atomic E-state index is 12.2. The summed E-state index contributed by atoms with van der Waals surface area (Å²) in [7, 11) is 0. The Kier molecular flexibility index (Phi) is 7.60. The van der Waals surface area contributed by atoms with Crippen molar-refractivity contribution in [3.63, 3.8) is 0 Å². The zero-order chi connectivity index (χ0) is 27.3. The molecule has 0 heterocycles. The monoisotopic (exact) mass is 582 g/mol. The van der Waals surface area contributed by atoms with Gasteiger partial charge in [0.25, 0.3) is 0 Å². The fraction of sp³-hybridized carbons (Fsp3) is 0.786. The van der Waals surface area contributed by atoms with Crippen LogP contribution in [0.4, 0.5) is 0 Å².